The molecule has 94 valence electrons. The van der Waals surface area contributed by atoms with E-state index in [0.717, 1.165) is 0 Å². The van der Waals surface area contributed by atoms with E-state index in [1.54, 1.807) is 30.9 Å². The van der Waals surface area contributed by atoms with E-state index in [-0.39, 0.29) is 0 Å². The number of hydrogen-bond donors (Lipinski definition) is 1. The van der Waals surface area contributed by atoms with Gasteiger partial charge in [-0.05, 0) is 24.3 Å². The normalized spacial score (nSPS) is 13.2. The Morgan fingerprint density at radius 2 is 1.82 bits per heavy atom. The third-order valence-corrected chi connectivity index (χ3v) is 3.01. The maximum absolute atomic E-state index is 11.6. The molecule has 17 heavy (non-hydrogen) atoms. The van der Waals surface area contributed by atoms with Crippen molar-refractivity contribution < 1.29 is 14.1 Å². The second kappa shape index (κ2) is 5.50. The van der Waals surface area contributed by atoms with Gasteiger partial charge in [0.15, 0.2) is 6.54 Å². The Morgan fingerprint density at radius 3 is 2.24 bits per heavy atom. The Hall–Kier alpha value is -1.09. The van der Waals surface area contributed by atoms with Gasteiger partial charge in [-0.3, -0.25) is 0 Å². The van der Waals surface area contributed by atoms with Gasteiger partial charge in [0.1, 0.15) is 5.75 Å². The third kappa shape index (κ3) is 5.18. The maximum Gasteiger partial charge on any atom is 0.325 e. The van der Waals surface area contributed by atoms with Gasteiger partial charge in [0.25, 0.3) is 0 Å². The molecule has 0 aliphatic rings. The molecule has 0 radical (unpaired) electrons. The summed E-state index contributed by atoms with van der Waals surface area (Å²) in [5, 5.41) is 0. The Bertz CT molecular complexity index is 404. The third-order valence-electron chi connectivity index (χ3n) is 2.08. The van der Waals surface area contributed by atoms with Crippen molar-refractivity contribution in [2.24, 2.45) is 0 Å². The highest BCUT2D eigenvalue weighted by molar-refractivity contribution is 7.50. The zero-order valence-electron chi connectivity index (χ0n) is 10.8. The van der Waals surface area contributed by atoms with Gasteiger partial charge < -0.3 is 19.8 Å². The fourth-order valence-corrected chi connectivity index (χ4v) is 2.13. The monoisotopic (exact) mass is 255 g/mol. The number of ether oxygens (including phenoxy) is 1. The SMILES string of the molecule is C/[P+]([O-])=C(\C[N+](C)(C)C)Oc1ccc(N)cc1. The molecule has 0 saturated carbocycles. The lowest BCUT2D eigenvalue weighted by Gasteiger charge is -2.23. The highest BCUT2D eigenvalue weighted by Crippen LogP contribution is 2.18. The van der Waals surface area contributed by atoms with Crippen LogP contribution in [0, 0.1) is 0 Å². The highest BCUT2D eigenvalue weighted by Gasteiger charge is 2.19. The van der Waals surface area contributed by atoms with E-state index in [4.69, 9.17) is 10.5 Å². The number of nitrogen functional groups attached to an aromatic ring is 1. The Morgan fingerprint density at radius 1 is 1.29 bits per heavy atom. The predicted molar refractivity (Wildman–Crippen MR) is 72.2 cm³/mol. The molecule has 0 aliphatic heterocycles. The first kappa shape index (κ1) is 14.0. The number of likely N-dealkylation sites (N-methyl/N-ethyl adjacent to an activating group) is 1. The largest absolute Gasteiger partial charge is 0.628 e. The number of nitrogens with zero attached hydrogens (tertiary/aromatic N) is 1. The van der Waals surface area contributed by atoms with Crippen LogP contribution >= 0.6 is 7.77 Å². The summed E-state index contributed by atoms with van der Waals surface area (Å²) in [6.45, 7) is 2.29. The average Bonchev–Trinajstić information content (AvgIpc) is 2.18. The summed E-state index contributed by atoms with van der Waals surface area (Å²) in [5.74, 6) is 0.674. The van der Waals surface area contributed by atoms with Crippen LogP contribution in [0.3, 0.4) is 0 Å². The molecule has 0 aromatic heterocycles. The van der Waals surface area contributed by atoms with E-state index in [9.17, 15) is 4.89 Å². The van der Waals surface area contributed by atoms with Crippen LogP contribution in [0.2, 0.25) is 0 Å². The first-order valence-electron chi connectivity index (χ1n) is 5.38. The number of rotatable bonds is 4. The number of nitrogens with two attached hydrogens (primary N) is 1. The van der Waals surface area contributed by atoms with E-state index in [1.165, 1.54) is 0 Å². The van der Waals surface area contributed by atoms with Gasteiger partial charge in [-0.2, -0.15) is 0 Å². The second-order valence-electron chi connectivity index (χ2n) is 5.01. The lowest BCUT2D eigenvalue weighted by Crippen LogP contribution is -2.41. The molecule has 0 saturated heterocycles. The van der Waals surface area contributed by atoms with Crippen molar-refractivity contribution in [1.29, 1.82) is 0 Å². The van der Waals surface area contributed by atoms with Crippen molar-refractivity contribution in [2.45, 2.75) is 0 Å². The summed E-state index contributed by atoms with van der Waals surface area (Å²) in [7, 11) is 4.64. The smallest absolute Gasteiger partial charge is 0.325 e. The fraction of sp³-hybridized carbons (Fsp3) is 0.417. The molecule has 0 aliphatic carbocycles. The van der Waals surface area contributed by atoms with Crippen LogP contribution in [0.25, 0.3) is 0 Å². The van der Waals surface area contributed by atoms with Gasteiger partial charge in [0.05, 0.1) is 35.6 Å². The van der Waals surface area contributed by atoms with Crippen LogP contribution in [-0.2, 0) is 0 Å². The van der Waals surface area contributed by atoms with E-state index in [0.29, 0.717) is 27.9 Å². The first-order chi connectivity index (χ1) is 7.78. The standard InChI is InChI=1S/C12H20N2O2P/c1-14(2,3)9-12(17(4)15)16-11-7-5-10(13)6-8-11/h5-8H,9,13H2,1-4H3/q+1. The molecule has 4 nitrogen and oxygen atoms in total. The maximum atomic E-state index is 11.6. The fourth-order valence-electron chi connectivity index (χ4n) is 1.27. The summed E-state index contributed by atoms with van der Waals surface area (Å²) >= 11 is 0. The zero-order valence-corrected chi connectivity index (χ0v) is 11.7. The van der Waals surface area contributed by atoms with Crippen molar-refractivity contribution >= 4 is 18.9 Å². The van der Waals surface area contributed by atoms with E-state index in [1.807, 2.05) is 21.1 Å². The van der Waals surface area contributed by atoms with Crippen molar-refractivity contribution in [2.75, 3.05) is 40.1 Å². The molecule has 1 aromatic carbocycles. The molecule has 0 amide bonds. The van der Waals surface area contributed by atoms with Crippen LogP contribution in [-0.4, -0.2) is 44.3 Å². The van der Waals surface area contributed by atoms with Crippen LogP contribution in [0.1, 0.15) is 0 Å². The molecule has 0 fully saturated rings. The Kier molecular flexibility index (Phi) is 4.52. The van der Waals surface area contributed by atoms with E-state index < -0.39 is 7.77 Å². The summed E-state index contributed by atoms with van der Waals surface area (Å²) in [5.41, 5.74) is 6.89. The molecule has 2 N–H and O–H groups in total. The van der Waals surface area contributed by atoms with Gasteiger partial charge in [-0.25, -0.2) is 0 Å². The molecule has 0 bridgehead atoms. The highest BCUT2D eigenvalue weighted by atomic mass is 31.1. The summed E-state index contributed by atoms with van der Waals surface area (Å²) < 4.78 is 6.35. The summed E-state index contributed by atoms with van der Waals surface area (Å²) in [4.78, 5) is 11.6. The topological polar surface area (TPSA) is 58.3 Å². The molecule has 0 spiro atoms. The molecular formula is C12H20N2O2P+. The molecule has 5 heteroatoms. The molecule has 1 aromatic rings. The number of quaternary nitrogens is 1. The zero-order chi connectivity index (χ0) is 13.1. The summed E-state index contributed by atoms with van der Waals surface area (Å²) in [6.07, 6.45) is 0. The van der Waals surface area contributed by atoms with Crippen molar-refractivity contribution in [3.8, 4) is 5.75 Å². The Labute approximate surface area is 104 Å². The number of hydrogen-bond acceptors (Lipinski definition) is 3. The van der Waals surface area contributed by atoms with Crippen LogP contribution in [0.5, 0.6) is 5.75 Å². The predicted octanol–water partition coefficient (Wildman–Crippen LogP) is 0.871. The van der Waals surface area contributed by atoms with Crippen molar-refractivity contribution in [3.05, 3.63) is 24.3 Å². The summed E-state index contributed by atoms with van der Waals surface area (Å²) in [6, 6.07) is 7.09. The van der Waals surface area contributed by atoms with Gasteiger partial charge in [0.2, 0.25) is 0 Å². The molecule has 0 heterocycles. The molecule has 1 unspecified atom stereocenters. The number of anilines is 1. The lowest BCUT2D eigenvalue weighted by molar-refractivity contribution is -0.861. The lowest BCUT2D eigenvalue weighted by atomic mass is 10.3. The first-order valence-corrected chi connectivity index (χ1v) is 7.09. The molecule has 1 atom stereocenters. The minimum Gasteiger partial charge on any atom is -0.628 e. The minimum atomic E-state index is -1.46. The average molecular weight is 255 g/mol. The van der Waals surface area contributed by atoms with Crippen molar-refractivity contribution in [3.63, 3.8) is 0 Å². The van der Waals surface area contributed by atoms with E-state index in [2.05, 4.69) is 0 Å². The van der Waals surface area contributed by atoms with Gasteiger partial charge >= 0.3 is 5.48 Å². The number of benzene rings is 1. The Balaban J connectivity index is 2.82. The van der Waals surface area contributed by atoms with Gasteiger partial charge in [0, 0.05) is 5.69 Å². The van der Waals surface area contributed by atoms with Crippen LogP contribution in [0.4, 0.5) is 5.69 Å². The van der Waals surface area contributed by atoms with Crippen LogP contribution in [0.15, 0.2) is 24.3 Å². The van der Waals surface area contributed by atoms with Gasteiger partial charge in [-0.1, -0.05) is 0 Å². The quantitative estimate of drug-likeness (QED) is 0.493. The van der Waals surface area contributed by atoms with E-state index >= 15 is 0 Å². The van der Waals surface area contributed by atoms with Gasteiger partial charge in [-0.15, -0.1) is 0 Å². The van der Waals surface area contributed by atoms with Crippen LogP contribution < -0.4 is 15.4 Å². The minimum absolute atomic E-state index is 0.609. The molecular weight excluding hydrogens is 235 g/mol. The molecule has 1 rings (SSSR count). The second-order valence-corrected chi connectivity index (χ2v) is 6.50. The van der Waals surface area contributed by atoms with Crippen molar-refractivity contribution in [1.82, 2.24) is 0 Å².